The second-order valence-electron chi connectivity index (χ2n) is 5.77. The number of nitrogens with one attached hydrogen (secondary N) is 3. The summed E-state index contributed by atoms with van der Waals surface area (Å²) in [4.78, 5) is 0. The van der Waals surface area contributed by atoms with Crippen LogP contribution in [0.2, 0.25) is 0 Å². The van der Waals surface area contributed by atoms with Gasteiger partial charge in [0.05, 0.1) is 24.5 Å². The van der Waals surface area contributed by atoms with Crippen molar-refractivity contribution in [2.75, 3.05) is 13.2 Å². The molecule has 1 unspecified atom stereocenters. The third-order valence-electron chi connectivity index (χ3n) is 3.84. The average Bonchev–Trinajstić information content (AvgIpc) is 2.54. The minimum atomic E-state index is -3.71. The summed E-state index contributed by atoms with van der Waals surface area (Å²) in [5, 5.41) is 3.15. The van der Waals surface area contributed by atoms with Crippen LogP contribution in [-0.4, -0.2) is 27.2 Å². The maximum atomic E-state index is 11.7. The minimum absolute atomic E-state index is 0.00504. The van der Waals surface area contributed by atoms with Gasteiger partial charge in [0.25, 0.3) is 0 Å². The van der Waals surface area contributed by atoms with Crippen molar-refractivity contribution in [2.45, 2.75) is 12.3 Å². The lowest BCUT2D eigenvalue weighted by Crippen LogP contribution is -2.60. The van der Waals surface area contributed by atoms with Crippen molar-refractivity contribution < 1.29 is 13.2 Å². The van der Waals surface area contributed by atoms with Gasteiger partial charge in [-0.05, 0) is 17.7 Å². The van der Waals surface area contributed by atoms with Gasteiger partial charge < -0.3 is 16.2 Å². The fraction of sp³-hybridized carbons (Fsp3) is 0.250. The van der Waals surface area contributed by atoms with E-state index in [9.17, 15) is 8.42 Å². The van der Waals surface area contributed by atoms with Crippen LogP contribution in [0.15, 0.2) is 65.7 Å². The lowest BCUT2D eigenvalue weighted by molar-refractivity contribution is 0.119. The van der Waals surface area contributed by atoms with Gasteiger partial charge in [-0.2, -0.15) is 8.42 Å². The van der Waals surface area contributed by atoms with Crippen LogP contribution in [0.3, 0.4) is 0 Å². The van der Waals surface area contributed by atoms with Crippen LogP contribution in [0.5, 0.6) is 0 Å². The summed E-state index contributed by atoms with van der Waals surface area (Å²) in [6.45, 7) is 1.41. The number of allylic oxidation sites excluding steroid dienone is 2. The lowest BCUT2D eigenvalue weighted by atomic mass is 9.92. The molecule has 0 amide bonds. The molecule has 25 heavy (non-hydrogen) atoms. The molecule has 0 bridgehead atoms. The summed E-state index contributed by atoms with van der Waals surface area (Å²) < 4.78 is 33.6. The zero-order valence-electron chi connectivity index (χ0n) is 13.5. The van der Waals surface area contributed by atoms with Gasteiger partial charge in [-0.1, -0.05) is 36.4 Å². The van der Waals surface area contributed by atoms with E-state index in [2.05, 4.69) is 14.8 Å². The van der Waals surface area contributed by atoms with Crippen molar-refractivity contribution in [2.24, 2.45) is 11.5 Å². The highest BCUT2D eigenvalue weighted by molar-refractivity contribution is 7.87. The van der Waals surface area contributed by atoms with Crippen LogP contribution < -0.4 is 26.2 Å². The molecule has 0 fully saturated rings. The van der Waals surface area contributed by atoms with Crippen molar-refractivity contribution in [3.8, 4) is 0 Å². The van der Waals surface area contributed by atoms with Gasteiger partial charge in [0.1, 0.15) is 11.5 Å². The Hall–Kier alpha value is -2.33. The Morgan fingerprint density at radius 3 is 2.72 bits per heavy atom. The smallest absolute Gasteiger partial charge is 0.322 e. The van der Waals surface area contributed by atoms with Crippen molar-refractivity contribution in [3.05, 3.63) is 71.2 Å². The number of hydrogen-bond donors (Lipinski definition) is 5. The van der Waals surface area contributed by atoms with Crippen molar-refractivity contribution in [3.63, 3.8) is 0 Å². The number of benzene rings is 1. The first-order valence-electron chi connectivity index (χ1n) is 7.76. The predicted octanol–water partition coefficient (Wildman–Crippen LogP) is -0.491. The summed E-state index contributed by atoms with van der Waals surface area (Å²) in [7, 11) is -3.71. The minimum Gasteiger partial charge on any atom is -0.384 e. The van der Waals surface area contributed by atoms with E-state index >= 15 is 0 Å². The van der Waals surface area contributed by atoms with Crippen molar-refractivity contribution >= 4 is 10.2 Å². The Morgan fingerprint density at radius 2 is 1.96 bits per heavy atom. The van der Waals surface area contributed by atoms with Gasteiger partial charge in [0.2, 0.25) is 0 Å². The molecule has 1 aromatic rings. The molecule has 134 valence electrons. The van der Waals surface area contributed by atoms with Gasteiger partial charge in [0.15, 0.2) is 0 Å². The molecule has 0 saturated carbocycles. The molecule has 1 aliphatic carbocycles. The van der Waals surface area contributed by atoms with E-state index in [0.29, 0.717) is 31.0 Å². The van der Waals surface area contributed by atoms with E-state index in [1.807, 2.05) is 30.3 Å². The summed E-state index contributed by atoms with van der Waals surface area (Å²) in [5.41, 5.74) is 13.0. The highest BCUT2D eigenvalue weighted by atomic mass is 32.2. The SMILES string of the molecule is NC1=C2C(=CC=CC2(N)NCCOCc2ccccc2)NS(=O)(=O)N1. The van der Waals surface area contributed by atoms with Gasteiger partial charge >= 0.3 is 10.2 Å². The first-order chi connectivity index (χ1) is 11.9. The van der Waals surface area contributed by atoms with Crippen LogP contribution in [-0.2, 0) is 21.6 Å². The molecule has 1 aromatic carbocycles. The van der Waals surface area contributed by atoms with Gasteiger partial charge in [-0.15, -0.1) is 0 Å². The second kappa shape index (κ2) is 6.89. The van der Waals surface area contributed by atoms with E-state index in [1.54, 1.807) is 18.2 Å². The van der Waals surface area contributed by atoms with Crippen LogP contribution in [0, 0.1) is 0 Å². The quantitative estimate of drug-likeness (QED) is 0.342. The second-order valence-corrected chi connectivity index (χ2v) is 7.18. The fourth-order valence-corrected chi connectivity index (χ4v) is 3.65. The molecule has 1 aliphatic heterocycles. The van der Waals surface area contributed by atoms with E-state index in [1.165, 1.54) is 0 Å². The summed E-state index contributed by atoms with van der Waals surface area (Å²) in [5.74, 6) is -0.00504. The van der Waals surface area contributed by atoms with Crippen molar-refractivity contribution in [1.29, 1.82) is 0 Å². The van der Waals surface area contributed by atoms with Gasteiger partial charge in [0, 0.05) is 6.54 Å². The maximum Gasteiger partial charge on any atom is 0.322 e. The third kappa shape index (κ3) is 4.02. The first kappa shape index (κ1) is 17.5. The normalized spacial score (nSPS) is 24.1. The van der Waals surface area contributed by atoms with Crippen molar-refractivity contribution in [1.82, 2.24) is 14.8 Å². The van der Waals surface area contributed by atoms with Gasteiger partial charge in [-0.3, -0.25) is 14.8 Å². The molecule has 8 nitrogen and oxygen atoms in total. The molecule has 0 spiro atoms. The summed E-state index contributed by atoms with van der Waals surface area (Å²) in [6.07, 6.45) is 5.01. The largest absolute Gasteiger partial charge is 0.384 e. The monoisotopic (exact) mass is 363 g/mol. The Kier molecular flexibility index (Phi) is 4.82. The summed E-state index contributed by atoms with van der Waals surface area (Å²) >= 11 is 0. The lowest BCUT2D eigenvalue weighted by Gasteiger charge is -2.37. The molecular formula is C16H21N5O3S. The standard InChI is InChI=1S/C16H21N5O3S/c17-15-14-13(20-25(22,23)21-15)7-4-8-16(14,18)19-9-10-24-11-12-5-2-1-3-6-12/h1-8,19-21H,9-11,17-18H2. The predicted molar refractivity (Wildman–Crippen MR) is 94.6 cm³/mol. The molecular weight excluding hydrogens is 342 g/mol. The number of hydrogen-bond acceptors (Lipinski definition) is 6. The van der Waals surface area contributed by atoms with Crippen LogP contribution in [0.4, 0.5) is 0 Å². The zero-order chi connectivity index (χ0) is 17.9. The molecule has 0 saturated heterocycles. The molecule has 9 heteroatoms. The number of rotatable bonds is 6. The molecule has 0 aromatic heterocycles. The number of ether oxygens (including phenoxy) is 1. The molecule has 2 aliphatic rings. The highest BCUT2D eigenvalue weighted by Gasteiger charge is 2.38. The fourth-order valence-electron chi connectivity index (χ4n) is 2.75. The van der Waals surface area contributed by atoms with E-state index in [0.717, 1.165) is 5.56 Å². The molecule has 1 heterocycles. The Labute approximate surface area is 146 Å². The highest BCUT2D eigenvalue weighted by Crippen LogP contribution is 2.28. The number of fused-ring (bicyclic) bond motifs is 1. The maximum absolute atomic E-state index is 11.7. The van der Waals surface area contributed by atoms with Crippen LogP contribution in [0.25, 0.3) is 0 Å². The van der Waals surface area contributed by atoms with E-state index in [4.69, 9.17) is 16.2 Å². The molecule has 0 radical (unpaired) electrons. The Balaban J connectivity index is 1.60. The first-order valence-corrected chi connectivity index (χ1v) is 9.24. The third-order valence-corrected chi connectivity index (χ3v) is 4.82. The van der Waals surface area contributed by atoms with Crippen LogP contribution in [0.1, 0.15) is 5.56 Å². The van der Waals surface area contributed by atoms with E-state index in [-0.39, 0.29) is 5.82 Å². The molecule has 7 N–H and O–H groups in total. The van der Waals surface area contributed by atoms with Crippen LogP contribution >= 0.6 is 0 Å². The topological polar surface area (TPSA) is 132 Å². The van der Waals surface area contributed by atoms with E-state index < -0.39 is 15.9 Å². The average molecular weight is 363 g/mol. The van der Waals surface area contributed by atoms with Gasteiger partial charge in [-0.25, -0.2) is 0 Å². The zero-order valence-corrected chi connectivity index (χ0v) is 14.3. The Bertz CT molecular complexity index is 833. The Morgan fingerprint density at radius 1 is 1.20 bits per heavy atom. The molecule has 1 atom stereocenters. The summed E-state index contributed by atoms with van der Waals surface area (Å²) in [6, 6.07) is 9.85. The number of nitrogens with two attached hydrogens (primary N) is 2. The molecule has 3 rings (SSSR count).